The van der Waals surface area contributed by atoms with Crippen LogP contribution < -0.4 is 10.1 Å². The molecule has 3 rings (SSSR count). The first-order valence-electron chi connectivity index (χ1n) is 10.4. The zero-order chi connectivity index (χ0) is 20.8. The summed E-state index contributed by atoms with van der Waals surface area (Å²) in [6, 6.07) is 2.92. The molecule has 3 amide bonds. The molecule has 1 saturated heterocycles. The fraction of sp³-hybridized carbons (Fsp3) is 0.619. The lowest BCUT2D eigenvalue weighted by atomic mass is 9.96. The van der Waals surface area contributed by atoms with E-state index >= 15 is 0 Å². The zero-order valence-electron chi connectivity index (χ0n) is 17.2. The predicted octanol–water partition coefficient (Wildman–Crippen LogP) is 2.52. The van der Waals surface area contributed by atoms with Crippen molar-refractivity contribution in [2.24, 2.45) is 5.92 Å². The molecule has 2 aliphatic rings. The van der Waals surface area contributed by atoms with Gasteiger partial charge < -0.3 is 24.6 Å². The summed E-state index contributed by atoms with van der Waals surface area (Å²) < 4.78 is 24.5. The van der Waals surface area contributed by atoms with Gasteiger partial charge in [0.2, 0.25) is 5.91 Å². The molecule has 1 aromatic rings. The largest absolute Gasteiger partial charge is 0.467 e. The van der Waals surface area contributed by atoms with Crippen LogP contribution in [0.5, 0.6) is 5.75 Å². The first-order chi connectivity index (χ1) is 14.0. The molecule has 0 aromatic heterocycles. The van der Waals surface area contributed by atoms with Gasteiger partial charge in [-0.15, -0.1) is 0 Å². The van der Waals surface area contributed by atoms with Crippen LogP contribution in [0.15, 0.2) is 12.1 Å². The number of likely N-dealkylation sites (tertiary alicyclic amines) is 1. The van der Waals surface area contributed by atoms with Crippen LogP contribution in [0, 0.1) is 11.7 Å². The Kier molecular flexibility index (Phi) is 7.30. The van der Waals surface area contributed by atoms with Gasteiger partial charge in [0.15, 0.2) is 6.79 Å². The molecule has 2 aliphatic heterocycles. The van der Waals surface area contributed by atoms with Crippen molar-refractivity contribution < 1.29 is 23.5 Å². The molecule has 0 atom stereocenters. The number of hydrogen-bond acceptors (Lipinski definition) is 4. The number of piperidine rings is 1. The van der Waals surface area contributed by atoms with E-state index < -0.39 is 0 Å². The van der Waals surface area contributed by atoms with Crippen molar-refractivity contribution in [2.75, 3.05) is 39.5 Å². The minimum Gasteiger partial charge on any atom is -0.467 e. The van der Waals surface area contributed by atoms with Crippen molar-refractivity contribution in [3.05, 3.63) is 29.1 Å². The van der Waals surface area contributed by atoms with Crippen LogP contribution in [0.1, 0.15) is 37.8 Å². The van der Waals surface area contributed by atoms with E-state index in [4.69, 9.17) is 9.47 Å². The Bertz CT molecular complexity index is 731. The number of halogens is 1. The number of rotatable bonds is 6. The van der Waals surface area contributed by atoms with Gasteiger partial charge in [0.25, 0.3) is 0 Å². The van der Waals surface area contributed by atoms with Crippen LogP contribution in [0.25, 0.3) is 0 Å². The van der Waals surface area contributed by atoms with Gasteiger partial charge in [-0.1, -0.05) is 0 Å². The number of carbonyl (C=O) groups is 2. The summed E-state index contributed by atoms with van der Waals surface area (Å²) in [5.74, 6) is 0.232. The van der Waals surface area contributed by atoms with Crippen LogP contribution in [0.3, 0.4) is 0 Å². The lowest BCUT2D eigenvalue weighted by Crippen LogP contribution is -2.48. The number of hydrogen-bond donors (Lipinski definition) is 1. The van der Waals surface area contributed by atoms with Gasteiger partial charge in [0, 0.05) is 44.2 Å². The summed E-state index contributed by atoms with van der Waals surface area (Å²) in [6.07, 6.45) is 1.81. The number of ether oxygens (including phenoxy) is 2. The quantitative estimate of drug-likeness (QED) is 0.787. The molecule has 2 heterocycles. The van der Waals surface area contributed by atoms with Gasteiger partial charge in [0.1, 0.15) is 11.6 Å². The second-order valence-corrected chi connectivity index (χ2v) is 7.42. The summed E-state index contributed by atoms with van der Waals surface area (Å²) in [5, 5.41) is 2.95. The predicted molar refractivity (Wildman–Crippen MR) is 106 cm³/mol. The van der Waals surface area contributed by atoms with E-state index in [-0.39, 0.29) is 30.5 Å². The van der Waals surface area contributed by atoms with Gasteiger partial charge in [-0.3, -0.25) is 4.79 Å². The molecule has 160 valence electrons. The maximum Gasteiger partial charge on any atom is 0.319 e. The first kappa shape index (κ1) is 21.4. The number of amides is 3. The van der Waals surface area contributed by atoms with Gasteiger partial charge in [-0.25, -0.2) is 9.18 Å². The number of nitrogens with zero attached hydrogens (tertiary/aromatic N) is 2. The summed E-state index contributed by atoms with van der Waals surface area (Å²) >= 11 is 0. The summed E-state index contributed by atoms with van der Waals surface area (Å²) in [5.41, 5.74) is 1.44. The molecule has 0 aliphatic carbocycles. The van der Waals surface area contributed by atoms with Crippen molar-refractivity contribution in [1.82, 2.24) is 15.1 Å². The van der Waals surface area contributed by atoms with Gasteiger partial charge in [-0.2, -0.15) is 0 Å². The molecule has 1 fully saturated rings. The maximum atomic E-state index is 13.8. The molecule has 1 N–H and O–H groups in total. The smallest absolute Gasteiger partial charge is 0.319 e. The number of fused-ring (bicyclic) bond motifs is 1. The van der Waals surface area contributed by atoms with Crippen molar-refractivity contribution in [3.63, 3.8) is 0 Å². The Balaban J connectivity index is 1.47. The summed E-state index contributed by atoms with van der Waals surface area (Å²) in [4.78, 5) is 28.6. The van der Waals surface area contributed by atoms with E-state index in [1.807, 2.05) is 18.7 Å². The van der Waals surface area contributed by atoms with E-state index in [0.717, 1.165) is 5.56 Å². The normalized spacial score (nSPS) is 16.7. The minimum absolute atomic E-state index is 0.00513. The number of carbonyl (C=O) groups excluding carboxylic acids is 2. The Morgan fingerprint density at radius 1 is 1.24 bits per heavy atom. The fourth-order valence-corrected chi connectivity index (χ4v) is 3.93. The lowest BCUT2D eigenvalue weighted by Gasteiger charge is -2.34. The summed E-state index contributed by atoms with van der Waals surface area (Å²) in [7, 11) is 0. The van der Waals surface area contributed by atoms with E-state index in [9.17, 15) is 14.0 Å². The molecular formula is C21H30FN3O4. The highest BCUT2D eigenvalue weighted by atomic mass is 19.1. The molecule has 0 radical (unpaired) electrons. The van der Waals surface area contributed by atoms with Crippen LogP contribution in [0.2, 0.25) is 0 Å². The molecule has 8 heteroatoms. The Morgan fingerprint density at radius 3 is 2.66 bits per heavy atom. The first-order valence-corrected chi connectivity index (χ1v) is 10.4. The molecule has 7 nitrogen and oxygen atoms in total. The standard InChI is InChI=1S/C21H30FN3O4/c1-3-24(4-2)21(27)25-9-6-15(7-10-25)20(26)23-8-5-16-11-18(22)12-17-13-28-14-29-19(16)17/h11-12,15H,3-10,13-14H2,1-2H3,(H,23,26). The molecule has 0 bridgehead atoms. The molecule has 1 aromatic carbocycles. The molecule has 0 saturated carbocycles. The minimum atomic E-state index is -0.329. The Morgan fingerprint density at radius 2 is 1.97 bits per heavy atom. The number of nitrogens with one attached hydrogen (secondary N) is 1. The third-order valence-corrected chi connectivity index (χ3v) is 5.62. The van der Waals surface area contributed by atoms with Gasteiger partial charge in [0.05, 0.1) is 6.61 Å². The van der Waals surface area contributed by atoms with Crippen molar-refractivity contribution in [2.45, 2.75) is 39.7 Å². The van der Waals surface area contributed by atoms with E-state index in [1.54, 1.807) is 4.90 Å². The molecule has 0 unspecified atom stereocenters. The van der Waals surface area contributed by atoms with Crippen molar-refractivity contribution in [3.8, 4) is 5.75 Å². The van der Waals surface area contributed by atoms with E-state index in [1.165, 1.54) is 12.1 Å². The van der Waals surface area contributed by atoms with E-state index in [0.29, 0.717) is 69.9 Å². The fourth-order valence-electron chi connectivity index (χ4n) is 3.93. The average Bonchev–Trinajstić information content (AvgIpc) is 2.74. The topological polar surface area (TPSA) is 71.1 Å². The van der Waals surface area contributed by atoms with Crippen molar-refractivity contribution in [1.29, 1.82) is 0 Å². The third kappa shape index (κ3) is 5.18. The lowest BCUT2D eigenvalue weighted by molar-refractivity contribution is -0.126. The number of benzene rings is 1. The molecular weight excluding hydrogens is 377 g/mol. The van der Waals surface area contributed by atoms with Crippen molar-refractivity contribution >= 4 is 11.9 Å². The van der Waals surface area contributed by atoms with Crippen LogP contribution in [0.4, 0.5) is 9.18 Å². The second-order valence-electron chi connectivity index (χ2n) is 7.42. The second kappa shape index (κ2) is 9.91. The van der Waals surface area contributed by atoms with Gasteiger partial charge >= 0.3 is 6.03 Å². The molecule has 29 heavy (non-hydrogen) atoms. The average molecular weight is 407 g/mol. The van der Waals surface area contributed by atoms with E-state index in [2.05, 4.69) is 5.32 Å². The van der Waals surface area contributed by atoms with Crippen LogP contribution in [-0.4, -0.2) is 61.3 Å². The van der Waals surface area contributed by atoms with Crippen LogP contribution >= 0.6 is 0 Å². The maximum absolute atomic E-state index is 13.8. The summed E-state index contributed by atoms with van der Waals surface area (Å²) in [6.45, 7) is 7.41. The highest BCUT2D eigenvalue weighted by Crippen LogP contribution is 2.29. The van der Waals surface area contributed by atoms with Crippen LogP contribution in [-0.2, 0) is 22.6 Å². The monoisotopic (exact) mass is 407 g/mol. The Hall–Kier alpha value is -2.35. The number of urea groups is 1. The SMILES string of the molecule is CCN(CC)C(=O)N1CCC(C(=O)NCCc2cc(F)cc3c2OCOC3)CC1. The molecule has 0 spiro atoms. The highest BCUT2D eigenvalue weighted by molar-refractivity contribution is 5.79. The Labute approximate surface area is 171 Å². The highest BCUT2D eigenvalue weighted by Gasteiger charge is 2.28. The third-order valence-electron chi connectivity index (χ3n) is 5.62. The van der Waals surface area contributed by atoms with Gasteiger partial charge in [-0.05, 0) is 50.8 Å². The zero-order valence-corrected chi connectivity index (χ0v) is 17.2.